The lowest BCUT2D eigenvalue weighted by Crippen LogP contribution is -2.37. The normalized spacial score (nSPS) is 11.7. The van der Waals surface area contributed by atoms with Gasteiger partial charge in [0.25, 0.3) is 0 Å². The summed E-state index contributed by atoms with van der Waals surface area (Å²) < 4.78 is 18.6. The maximum absolute atomic E-state index is 13.7. The number of nitrogens with one attached hydrogen (secondary N) is 1. The fraction of sp³-hybridized carbons (Fsp3) is 0.467. The van der Waals surface area contributed by atoms with Crippen molar-refractivity contribution in [2.75, 3.05) is 13.7 Å². The van der Waals surface area contributed by atoms with Crippen LogP contribution >= 0.6 is 11.3 Å². The van der Waals surface area contributed by atoms with Gasteiger partial charge in [-0.25, -0.2) is 4.39 Å². The highest BCUT2D eigenvalue weighted by molar-refractivity contribution is 7.14. The summed E-state index contributed by atoms with van der Waals surface area (Å²) in [4.78, 5) is 0. The lowest BCUT2D eigenvalue weighted by atomic mass is 10.1. The predicted octanol–water partition coefficient (Wildman–Crippen LogP) is 3.28. The zero-order valence-corrected chi connectivity index (χ0v) is 13.6. The Kier molecular flexibility index (Phi) is 4.90. The molecule has 0 aliphatic rings. The molecule has 1 N–H and O–H groups in total. The van der Waals surface area contributed by atoms with Crippen LogP contribution in [0, 0.1) is 5.82 Å². The van der Waals surface area contributed by atoms with Crippen molar-refractivity contribution in [3.05, 3.63) is 29.0 Å². The molecule has 0 aliphatic carbocycles. The molecule has 1 aromatic heterocycles. The first-order chi connectivity index (χ1) is 9.89. The first-order valence-electron chi connectivity index (χ1n) is 6.80. The number of aromatic nitrogens is 2. The second-order valence-corrected chi connectivity index (χ2v) is 6.84. The second-order valence-electron chi connectivity index (χ2n) is 5.78. The Labute approximate surface area is 128 Å². The van der Waals surface area contributed by atoms with Gasteiger partial charge in [0.2, 0.25) is 0 Å². The molecule has 0 bridgehead atoms. The monoisotopic (exact) mass is 309 g/mol. The van der Waals surface area contributed by atoms with Crippen LogP contribution in [0.4, 0.5) is 4.39 Å². The molecule has 0 saturated carbocycles. The number of halogens is 1. The van der Waals surface area contributed by atoms with Gasteiger partial charge in [0.05, 0.1) is 7.11 Å². The molecule has 0 fully saturated rings. The maximum atomic E-state index is 13.7. The second kappa shape index (κ2) is 6.49. The van der Waals surface area contributed by atoms with Crippen LogP contribution in [0.3, 0.4) is 0 Å². The number of rotatable bonds is 5. The van der Waals surface area contributed by atoms with E-state index in [1.54, 1.807) is 12.1 Å². The van der Waals surface area contributed by atoms with E-state index >= 15 is 0 Å². The topological polar surface area (TPSA) is 47.0 Å². The van der Waals surface area contributed by atoms with Crippen LogP contribution in [-0.4, -0.2) is 29.4 Å². The van der Waals surface area contributed by atoms with Crippen molar-refractivity contribution in [2.45, 2.75) is 32.7 Å². The summed E-state index contributed by atoms with van der Waals surface area (Å²) in [7, 11) is 1.45. The highest BCUT2D eigenvalue weighted by Crippen LogP contribution is 2.27. The molecule has 0 amide bonds. The molecule has 0 atom stereocenters. The third kappa shape index (κ3) is 4.47. The van der Waals surface area contributed by atoms with Crippen molar-refractivity contribution >= 4 is 11.3 Å². The van der Waals surface area contributed by atoms with E-state index in [9.17, 15) is 4.39 Å². The molecular weight excluding hydrogens is 289 g/mol. The van der Waals surface area contributed by atoms with Crippen molar-refractivity contribution in [2.24, 2.45) is 0 Å². The molecular formula is C15H20FN3OS. The Bertz CT molecular complexity index is 607. The average Bonchev–Trinajstić information content (AvgIpc) is 2.86. The van der Waals surface area contributed by atoms with Crippen LogP contribution in [0.15, 0.2) is 18.2 Å². The minimum atomic E-state index is -0.388. The smallest absolute Gasteiger partial charge is 0.165 e. The van der Waals surface area contributed by atoms with Crippen molar-refractivity contribution in [1.29, 1.82) is 0 Å². The summed E-state index contributed by atoms with van der Waals surface area (Å²) >= 11 is 1.49. The highest BCUT2D eigenvalue weighted by atomic mass is 32.1. The van der Waals surface area contributed by atoms with E-state index in [0.717, 1.165) is 28.5 Å². The van der Waals surface area contributed by atoms with Gasteiger partial charge < -0.3 is 10.1 Å². The zero-order valence-electron chi connectivity index (χ0n) is 12.7. The summed E-state index contributed by atoms with van der Waals surface area (Å²) in [6.45, 7) is 7.21. The van der Waals surface area contributed by atoms with E-state index in [2.05, 4.69) is 36.3 Å². The Morgan fingerprint density at radius 1 is 1.29 bits per heavy atom. The van der Waals surface area contributed by atoms with Gasteiger partial charge in [-0.15, -0.1) is 10.2 Å². The average molecular weight is 309 g/mol. The molecule has 0 saturated heterocycles. The van der Waals surface area contributed by atoms with Crippen molar-refractivity contribution in [3.63, 3.8) is 0 Å². The van der Waals surface area contributed by atoms with Gasteiger partial charge in [-0.3, -0.25) is 0 Å². The number of benzene rings is 1. The molecule has 6 heteroatoms. The Morgan fingerprint density at radius 3 is 2.67 bits per heavy atom. The first kappa shape index (κ1) is 15.9. The lowest BCUT2D eigenvalue weighted by molar-refractivity contribution is 0.386. The summed E-state index contributed by atoms with van der Waals surface area (Å²) in [6.07, 6.45) is 0.813. The van der Waals surface area contributed by atoms with E-state index in [1.807, 2.05) is 0 Å². The summed E-state index contributed by atoms with van der Waals surface area (Å²) in [5.41, 5.74) is 0.813. The predicted molar refractivity (Wildman–Crippen MR) is 83.3 cm³/mol. The molecule has 0 spiro atoms. The third-order valence-electron chi connectivity index (χ3n) is 2.86. The third-order valence-corrected chi connectivity index (χ3v) is 3.89. The first-order valence-corrected chi connectivity index (χ1v) is 7.62. The molecule has 4 nitrogen and oxygen atoms in total. The zero-order chi connectivity index (χ0) is 15.5. The van der Waals surface area contributed by atoms with Crippen LogP contribution < -0.4 is 10.1 Å². The Morgan fingerprint density at radius 2 is 2.05 bits per heavy atom. The SMILES string of the molecule is COc1ccc(-c2nnc(CCNC(C)(C)C)s2)cc1F. The number of hydrogen-bond acceptors (Lipinski definition) is 5. The molecule has 0 radical (unpaired) electrons. The largest absolute Gasteiger partial charge is 0.494 e. The van der Waals surface area contributed by atoms with Gasteiger partial charge in [0, 0.05) is 24.1 Å². The lowest BCUT2D eigenvalue weighted by Gasteiger charge is -2.19. The van der Waals surface area contributed by atoms with Crippen molar-refractivity contribution in [3.8, 4) is 16.3 Å². The fourth-order valence-electron chi connectivity index (χ4n) is 1.82. The van der Waals surface area contributed by atoms with Crippen molar-refractivity contribution < 1.29 is 9.13 Å². The summed E-state index contributed by atoms with van der Waals surface area (Å²) in [5, 5.41) is 13.4. The van der Waals surface area contributed by atoms with Gasteiger partial charge in [-0.2, -0.15) is 0 Å². The number of ether oxygens (including phenoxy) is 1. The number of methoxy groups -OCH3 is 1. The Balaban J connectivity index is 2.04. The van der Waals surface area contributed by atoms with E-state index < -0.39 is 0 Å². The minimum Gasteiger partial charge on any atom is -0.494 e. The van der Waals surface area contributed by atoms with E-state index in [1.165, 1.54) is 24.5 Å². The molecule has 1 aromatic carbocycles. The standard InChI is InChI=1S/C15H20FN3OS/c1-15(2,3)17-8-7-13-18-19-14(21-13)10-5-6-12(20-4)11(16)9-10/h5-6,9,17H,7-8H2,1-4H3. The van der Waals surface area contributed by atoms with Crippen molar-refractivity contribution in [1.82, 2.24) is 15.5 Å². The molecule has 2 aromatic rings. The van der Waals surface area contributed by atoms with E-state index in [-0.39, 0.29) is 17.1 Å². The van der Waals surface area contributed by atoms with Crippen LogP contribution in [0.2, 0.25) is 0 Å². The van der Waals surface area contributed by atoms with Gasteiger partial charge in [0.1, 0.15) is 10.0 Å². The van der Waals surface area contributed by atoms with Crippen LogP contribution in [0.1, 0.15) is 25.8 Å². The maximum Gasteiger partial charge on any atom is 0.165 e. The van der Waals surface area contributed by atoms with E-state index in [0.29, 0.717) is 0 Å². The van der Waals surface area contributed by atoms with Crippen LogP contribution in [0.5, 0.6) is 5.75 Å². The minimum absolute atomic E-state index is 0.0899. The van der Waals surface area contributed by atoms with Gasteiger partial charge in [-0.1, -0.05) is 11.3 Å². The van der Waals surface area contributed by atoms with Crippen LogP contribution in [-0.2, 0) is 6.42 Å². The molecule has 114 valence electrons. The summed E-state index contributed by atoms with van der Waals surface area (Å²) in [6, 6.07) is 4.82. The number of nitrogens with zero attached hydrogens (tertiary/aromatic N) is 2. The molecule has 1 heterocycles. The quantitative estimate of drug-likeness (QED) is 0.921. The van der Waals surface area contributed by atoms with Crippen LogP contribution in [0.25, 0.3) is 10.6 Å². The van der Waals surface area contributed by atoms with E-state index in [4.69, 9.17) is 4.74 Å². The molecule has 21 heavy (non-hydrogen) atoms. The molecule has 2 rings (SSSR count). The van der Waals surface area contributed by atoms with Gasteiger partial charge in [0.15, 0.2) is 11.6 Å². The fourth-order valence-corrected chi connectivity index (χ4v) is 2.65. The van der Waals surface area contributed by atoms with Gasteiger partial charge >= 0.3 is 0 Å². The summed E-state index contributed by atoms with van der Waals surface area (Å²) in [5.74, 6) is -0.154. The highest BCUT2D eigenvalue weighted by Gasteiger charge is 2.12. The van der Waals surface area contributed by atoms with Gasteiger partial charge in [-0.05, 0) is 39.0 Å². The Hall–Kier alpha value is -1.53. The number of hydrogen-bond donors (Lipinski definition) is 1. The molecule has 0 unspecified atom stereocenters. The molecule has 0 aliphatic heterocycles.